The molecule has 4 atom stereocenters. The fraction of sp³-hybridized carbons (Fsp3) is 0.667. The van der Waals surface area contributed by atoms with Crippen molar-refractivity contribution < 1.29 is 34.5 Å². The highest BCUT2D eigenvalue weighted by Crippen LogP contribution is 1.94. The normalized spacial score (nSPS) is 15.7. The van der Waals surface area contributed by atoms with Crippen molar-refractivity contribution in [1.82, 2.24) is 16.0 Å². The number of aliphatic hydroxyl groups is 2. The third kappa shape index (κ3) is 7.54. The van der Waals surface area contributed by atoms with Crippen molar-refractivity contribution in [2.24, 2.45) is 5.73 Å². The maximum Gasteiger partial charge on any atom is 0.328 e. The zero-order valence-corrected chi connectivity index (χ0v) is 12.8. The Morgan fingerprint density at radius 2 is 1.65 bits per heavy atom. The summed E-state index contributed by atoms with van der Waals surface area (Å²) in [5, 5.41) is 33.3. The second-order valence-corrected chi connectivity index (χ2v) is 4.87. The van der Waals surface area contributed by atoms with E-state index in [-0.39, 0.29) is 0 Å². The zero-order valence-electron chi connectivity index (χ0n) is 12.8. The van der Waals surface area contributed by atoms with Gasteiger partial charge in [-0.2, -0.15) is 0 Å². The van der Waals surface area contributed by atoms with Gasteiger partial charge in [0.1, 0.15) is 12.1 Å². The van der Waals surface area contributed by atoms with E-state index >= 15 is 0 Å². The Bertz CT molecular complexity index is 453. The molecule has 132 valence electrons. The largest absolute Gasteiger partial charge is 0.480 e. The van der Waals surface area contributed by atoms with Crippen LogP contribution in [0.25, 0.3) is 0 Å². The predicted octanol–water partition coefficient (Wildman–Crippen LogP) is -4.12. The molecule has 0 fully saturated rings. The molecule has 23 heavy (non-hydrogen) atoms. The van der Waals surface area contributed by atoms with Gasteiger partial charge in [0.05, 0.1) is 25.3 Å². The lowest BCUT2D eigenvalue weighted by Crippen LogP contribution is -2.56. The Morgan fingerprint density at radius 1 is 1.09 bits per heavy atom. The maximum atomic E-state index is 11.9. The molecule has 0 aromatic carbocycles. The summed E-state index contributed by atoms with van der Waals surface area (Å²) in [5.74, 6) is -3.80. The van der Waals surface area contributed by atoms with Gasteiger partial charge in [-0.05, 0) is 13.8 Å². The minimum atomic E-state index is -1.50. The fourth-order valence-corrected chi connectivity index (χ4v) is 1.40. The highest BCUT2D eigenvalue weighted by molar-refractivity contribution is 5.92. The Labute approximate surface area is 132 Å². The Kier molecular flexibility index (Phi) is 8.77. The van der Waals surface area contributed by atoms with E-state index in [1.807, 2.05) is 5.32 Å². The number of carbonyl (C=O) groups is 4. The van der Waals surface area contributed by atoms with Crippen LogP contribution in [0.3, 0.4) is 0 Å². The molecule has 4 unspecified atom stereocenters. The van der Waals surface area contributed by atoms with Crippen LogP contribution >= 0.6 is 0 Å². The summed E-state index contributed by atoms with van der Waals surface area (Å²) in [5.41, 5.74) is 5.34. The van der Waals surface area contributed by atoms with E-state index in [4.69, 9.17) is 15.9 Å². The highest BCUT2D eigenvalue weighted by atomic mass is 16.4. The summed E-state index contributed by atoms with van der Waals surface area (Å²) < 4.78 is 0. The van der Waals surface area contributed by atoms with Crippen LogP contribution in [0.5, 0.6) is 0 Å². The van der Waals surface area contributed by atoms with Crippen LogP contribution in [0.4, 0.5) is 0 Å². The van der Waals surface area contributed by atoms with Crippen molar-refractivity contribution in [2.75, 3.05) is 13.2 Å². The molecule has 0 aromatic heterocycles. The molecule has 0 spiro atoms. The van der Waals surface area contributed by atoms with Gasteiger partial charge in [-0.3, -0.25) is 14.4 Å². The van der Waals surface area contributed by atoms with E-state index in [9.17, 15) is 24.3 Å². The number of aliphatic hydroxyl groups excluding tert-OH is 2. The summed E-state index contributed by atoms with van der Waals surface area (Å²) in [6.07, 6.45) is -1.25. The molecule has 0 bridgehead atoms. The molecule has 11 heteroatoms. The number of amides is 3. The molecule has 0 heterocycles. The van der Waals surface area contributed by atoms with E-state index < -0.39 is 61.1 Å². The molecule has 0 saturated heterocycles. The molecule has 0 rings (SSSR count). The van der Waals surface area contributed by atoms with Gasteiger partial charge in [-0.25, -0.2) is 4.79 Å². The first-order chi connectivity index (χ1) is 10.6. The Hall–Kier alpha value is -2.24. The van der Waals surface area contributed by atoms with Gasteiger partial charge >= 0.3 is 5.97 Å². The highest BCUT2D eigenvalue weighted by Gasteiger charge is 2.27. The molecule has 8 N–H and O–H groups in total. The number of nitrogens with one attached hydrogen (secondary N) is 3. The van der Waals surface area contributed by atoms with Gasteiger partial charge in [0.2, 0.25) is 17.7 Å². The Balaban J connectivity index is 4.56. The molecular weight excluding hydrogens is 312 g/mol. The van der Waals surface area contributed by atoms with Gasteiger partial charge in [-0.1, -0.05) is 0 Å². The number of nitrogens with two attached hydrogens (primary N) is 1. The minimum absolute atomic E-state index is 0.597. The van der Waals surface area contributed by atoms with Crippen molar-refractivity contribution in [3.05, 3.63) is 0 Å². The van der Waals surface area contributed by atoms with Gasteiger partial charge in [0.25, 0.3) is 0 Å². The Morgan fingerprint density at radius 3 is 2.04 bits per heavy atom. The van der Waals surface area contributed by atoms with E-state index in [1.165, 1.54) is 13.8 Å². The van der Waals surface area contributed by atoms with Crippen LogP contribution in [0.2, 0.25) is 0 Å². The number of aliphatic carboxylic acids is 1. The molecule has 0 aromatic rings. The number of hydrogen-bond donors (Lipinski definition) is 7. The van der Waals surface area contributed by atoms with E-state index in [0.717, 1.165) is 0 Å². The van der Waals surface area contributed by atoms with Crippen molar-refractivity contribution in [3.63, 3.8) is 0 Å². The molecule has 0 aliphatic heterocycles. The summed E-state index contributed by atoms with van der Waals surface area (Å²) in [7, 11) is 0. The number of carbonyl (C=O) groups excluding carboxylic acids is 3. The quantitative estimate of drug-likeness (QED) is 0.221. The lowest BCUT2D eigenvalue weighted by molar-refractivity contribution is -0.142. The summed E-state index contributed by atoms with van der Waals surface area (Å²) in [6.45, 7) is 1.24. The van der Waals surface area contributed by atoms with Crippen LogP contribution in [0.1, 0.15) is 13.8 Å². The first kappa shape index (κ1) is 20.8. The van der Waals surface area contributed by atoms with Crippen molar-refractivity contribution in [3.8, 4) is 0 Å². The van der Waals surface area contributed by atoms with Crippen molar-refractivity contribution >= 4 is 23.7 Å². The van der Waals surface area contributed by atoms with Gasteiger partial charge in [0, 0.05) is 0 Å². The molecule has 0 radical (unpaired) electrons. The first-order valence-electron chi connectivity index (χ1n) is 6.74. The average Bonchev–Trinajstić information content (AvgIpc) is 2.46. The van der Waals surface area contributed by atoms with Crippen LogP contribution in [-0.4, -0.2) is 76.4 Å². The zero-order chi connectivity index (χ0) is 18.2. The predicted molar refractivity (Wildman–Crippen MR) is 76.9 cm³/mol. The smallest absolute Gasteiger partial charge is 0.328 e. The number of carboxylic acid groups (broad SMARTS) is 1. The average molecular weight is 334 g/mol. The number of carboxylic acids is 1. The van der Waals surface area contributed by atoms with Gasteiger partial charge in [0.15, 0.2) is 0 Å². The van der Waals surface area contributed by atoms with Crippen molar-refractivity contribution in [1.29, 1.82) is 0 Å². The van der Waals surface area contributed by atoms with Crippen LogP contribution in [0, 0.1) is 0 Å². The lowest BCUT2D eigenvalue weighted by atomic mass is 10.1. The molecule has 0 saturated carbocycles. The maximum absolute atomic E-state index is 11.9. The molecule has 11 nitrogen and oxygen atoms in total. The first-order valence-corrected chi connectivity index (χ1v) is 6.74. The fourth-order valence-electron chi connectivity index (χ4n) is 1.40. The SMILES string of the molecule is CC(N)C(=O)NC(C(=O)NCC(=O)NC(CO)C(=O)O)C(C)O. The number of rotatable bonds is 9. The van der Waals surface area contributed by atoms with E-state index in [0.29, 0.717) is 0 Å². The minimum Gasteiger partial charge on any atom is -0.480 e. The second-order valence-electron chi connectivity index (χ2n) is 4.87. The summed E-state index contributed by atoms with van der Waals surface area (Å²) >= 11 is 0. The van der Waals surface area contributed by atoms with E-state index in [1.54, 1.807) is 0 Å². The van der Waals surface area contributed by atoms with E-state index in [2.05, 4.69) is 10.6 Å². The van der Waals surface area contributed by atoms with Crippen molar-refractivity contribution in [2.45, 2.75) is 38.1 Å². The second kappa shape index (κ2) is 9.71. The third-order valence-electron chi connectivity index (χ3n) is 2.72. The topological polar surface area (TPSA) is 191 Å². The standard InChI is InChI=1S/C12H22N4O7/c1-5(13)10(20)16-9(6(2)18)11(21)14-3-8(19)15-7(4-17)12(22)23/h5-7,9,17-18H,3-4,13H2,1-2H3,(H,14,21)(H,15,19)(H,16,20)(H,22,23). The lowest BCUT2D eigenvalue weighted by Gasteiger charge is -2.22. The van der Waals surface area contributed by atoms with Gasteiger partial charge in [-0.15, -0.1) is 0 Å². The van der Waals surface area contributed by atoms with Crippen LogP contribution in [0.15, 0.2) is 0 Å². The van der Waals surface area contributed by atoms with Gasteiger partial charge < -0.3 is 37.0 Å². The van der Waals surface area contributed by atoms with Crippen LogP contribution < -0.4 is 21.7 Å². The molecule has 0 aliphatic rings. The molecule has 0 aliphatic carbocycles. The molecular formula is C12H22N4O7. The monoisotopic (exact) mass is 334 g/mol. The molecule has 3 amide bonds. The number of hydrogen-bond acceptors (Lipinski definition) is 7. The third-order valence-corrected chi connectivity index (χ3v) is 2.72. The van der Waals surface area contributed by atoms with Crippen LogP contribution in [-0.2, 0) is 19.2 Å². The summed E-state index contributed by atoms with van der Waals surface area (Å²) in [4.78, 5) is 45.4. The summed E-state index contributed by atoms with van der Waals surface area (Å²) in [6, 6.07) is -3.72.